The lowest BCUT2D eigenvalue weighted by Crippen LogP contribution is -2.28. The number of rotatable bonds is 4. The van der Waals surface area contributed by atoms with Gasteiger partial charge in [0.2, 0.25) is 0 Å². The Hall–Kier alpha value is -1.77. The summed E-state index contributed by atoms with van der Waals surface area (Å²) in [4.78, 5) is 5.48. The molecule has 3 nitrogen and oxygen atoms in total. The van der Waals surface area contributed by atoms with E-state index in [0.717, 1.165) is 0 Å². The molecule has 1 rings (SSSR count). The average molecular weight is 243 g/mol. The van der Waals surface area contributed by atoms with E-state index in [4.69, 9.17) is 5.26 Å². The largest absolute Gasteiger partial charge is 0.390 e. The Bertz CT molecular complexity index is 392. The van der Waals surface area contributed by atoms with Gasteiger partial charge in [0.1, 0.15) is 11.9 Å². The standard InChI is InChI=1S/C11H12F3N3/c1-2-17(6-5-11(12,13)14)10-4-3-9(7-15)8-16-10/h3-4,8H,2,5-6H2,1H3. The van der Waals surface area contributed by atoms with Gasteiger partial charge in [0.25, 0.3) is 0 Å². The second-order valence-corrected chi connectivity index (χ2v) is 3.46. The van der Waals surface area contributed by atoms with E-state index in [1.165, 1.54) is 11.1 Å². The molecular weight excluding hydrogens is 231 g/mol. The van der Waals surface area contributed by atoms with Gasteiger partial charge in [0.15, 0.2) is 0 Å². The van der Waals surface area contributed by atoms with Crippen LogP contribution in [0.3, 0.4) is 0 Å². The molecule has 0 radical (unpaired) electrons. The summed E-state index contributed by atoms with van der Waals surface area (Å²) in [5.41, 5.74) is 0.389. The number of anilines is 1. The van der Waals surface area contributed by atoms with Gasteiger partial charge in [-0.2, -0.15) is 18.4 Å². The van der Waals surface area contributed by atoms with Crippen LogP contribution in [0.1, 0.15) is 18.9 Å². The second kappa shape index (κ2) is 5.53. The molecule has 0 fully saturated rings. The normalized spacial score (nSPS) is 11.0. The minimum absolute atomic E-state index is 0.126. The molecule has 0 saturated carbocycles. The lowest BCUT2D eigenvalue weighted by Gasteiger charge is -2.22. The fourth-order valence-electron chi connectivity index (χ4n) is 1.34. The van der Waals surface area contributed by atoms with Crippen molar-refractivity contribution in [1.82, 2.24) is 4.98 Å². The van der Waals surface area contributed by atoms with Gasteiger partial charge in [-0.1, -0.05) is 0 Å². The highest BCUT2D eigenvalue weighted by atomic mass is 19.4. The number of alkyl halides is 3. The predicted octanol–water partition coefficient (Wildman–Crippen LogP) is 2.73. The van der Waals surface area contributed by atoms with Crippen molar-refractivity contribution >= 4 is 5.82 Å². The van der Waals surface area contributed by atoms with E-state index in [2.05, 4.69) is 4.98 Å². The molecule has 92 valence electrons. The summed E-state index contributed by atoms with van der Waals surface area (Å²) >= 11 is 0. The average Bonchev–Trinajstić information content (AvgIpc) is 2.29. The van der Waals surface area contributed by atoms with Crippen LogP contribution in [-0.4, -0.2) is 24.2 Å². The van der Waals surface area contributed by atoms with Gasteiger partial charge in [-0.15, -0.1) is 0 Å². The highest BCUT2D eigenvalue weighted by Crippen LogP contribution is 2.21. The van der Waals surface area contributed by atoms with Crippen molar-refractivity contribution < 1.29 is 13.2 Å². The Labute approximate surface area is 97.5 Å². The molecule has 17 heavy (non-hydrogen) atoms. The minimum atomic E-state index is -4.17. The molecule has 0 unspecified atom stereocenters. The number of hydrogen-bond donors (Lipinski definition) is 0. The summed E-state index contributed by atoms with van der Waals surface area (Å²) in [7, 11) is 0. The maximum Gasteiger partial charge on any atom is 0.390 e. The SMILES string of the molecule is CCN(CCC(F)(F)F)c1ccc(C#N)cn1. The quantitative estimate of drug-likeness (QED) is 0.816. The van der Waals surface area contributed by atoms with Crippen molar-refractivity contribution in [2.75, 3.05) is 18.0 Å². The summed E-state index contributed by atoms with van der Waals surface area (Å²) in [6.07, 6.45) is -3.69. The lowest BCUT2D eigenvalue weighted by molar-refractivity contribution is -0.132. The van der Waals surface area contributed by atoms with Crippen molar-refractivity contribution in [2.24, 2.45) is 0 Å². The number of pyridine rings is 1. The zero-order chi connectivity index (χ0) is 12.9. The first kappa shape index (κ1) is 13.3. The van der Waals surface area contributed by atoms with Gasteiger partial charge in [-0.05, 0) is 19.1 Å². The number of halogens is 3. The van der Waals surface area contributed by atoms with Crippen LogP contribution in [0.2, 0.25) is 0 Å². The Kier molecular flexibility index (Phi) is 4.32. The first-order valence-electron chi connectivity index (χ1n) is 5.14. The van der Waals surface area contributed by atoms with Crippen LogP contribution in [0.5, 0.6) is 0 Å². The van der Waals surface area contributed by atoms with E-state index in [0.29, 0.717) is 17.9 Å². The Morgan fingerprint density at radius 3 is 2.53 bits per heavy atom. The Morgan fingerprint density at radius 2 is 2.12 bits per heavy atom. The lowest BCUT2D eigenvalue weighted by atomic mass is 10.3. The van der Waals surface area contributed by atoms with E-state index in [1.807, 2.05) is 6.07 Å². The number of hydrogen-bond acceptors (Lipinski definition) is 3. The number of nitriles is 1. The Morgan fingerprint density at radius 1 is 1.41 bits per heavy atom. The maximum atomic E-state index is 12.1. The molecule has 0 aliphatic carbocycles. The molecule has 0 bridgehead atoms. The van der Waals surface area contributed by atoms with E-state index in [9.17, 15) is 13.2 Å². The monoisotopic (exact) mass is 243 g/mol. The third-order valence-corrected chi connectivity index (χ3v) is 2.25. The van der Waals surface area contributed by atoms with Crippen LogP contribution in [0.15, 0.2) is 18.3 Å². The topological polar surface area (TPSA) is 39.9 Å². The fraction of sp³-hybridized carbons (Fsp3) is 0.455. The van der Waals surface area contributed by atoms with Gasteiger partial charge in [0, 0.05) is 19.3 Å². The molecule has 0 saturated heterocycles. The maximum absolute atomic E-state index is 12.1. The van der Waals surface area contributed by atoms with Crippen LogP contribution < -0.4 is 4.90 Å². The molecule has 1 aromatic heterocycles. The molecule has 0 atom stereocenters. The van der Waals surface area contributed by atoms with E-state index >= 15 is 0 Å². The fourth-order valence-corrected chi connectivity index (χ4v) is 1.34. The van der Waals surface area contributed by atoms with Crippen molar-refractivity contribution in [3.8, 4) is 6.07 Å². The van der Waals surface area contributed by atoms with Gasteiger partial charge in [-0.25, -0.2) is 4.98 Å². The molecule has 1 aromatic rings. The smallest absolute Gasteiger partial charge is 0.357 e. The Balaban J connectivity index is 2.70. The van der Waals surface area contributed by atoms with Gasteiger partial charge >= 0.3 is 6.18 Å². The molecular formula is C11H12F3N3. The summed E-state index contributed by atoms with van der Waals surface area (Å²) in [5, 5.41) is 8.58. The molecule has 0 aliphatic rings. The first-order chi connectivity index (χ1) is 7.96. The predicted molar refractivity (Wildman–Crippen MR) is 57.5 cm³/mol. The minimum Gasteiger partial charge on any atom is -0.357 e. The zero-order valence-corrected chi connectivity index (χ0v) is 9.33. The third kappa shape index (κ3) is 4.31. The highest BCUT2D eigenvalue weighted by molar-refractivity contribution is 5.41. The molecule has 0 spiro atoms. The van der Waals surface area contributed by atoms with Gasteiger partial charge in [-0.3, -0.25) is 0 Å². The molecule has 0 aliphatic heterocycles. The van der Waals surface area contributed by atoms with Gasteiger partial charge < -0.3 is 4.90 Å². The van der Waals surface area contributed by atoms with Crippen LogP contribution in [0.4, 0.5) is 19.0 Å². The number of nitrogens with zero attached hydrogens (tertiary/aromatic N) is 3. The second-order valence-electron chi connectivity index (χ2n) is 3.46. The van der Waals surface area contributed by atoms with Crippen molar-refractivity contribution in [1.29, 1.82) is 5.26 Å². The summed E-state index contributed by atoms with van der Waals surface area (Å²) in [5.74, 6) is 0.454. The summed E-state index contributed by atoms with van der Waals surface area (Å²) < 4.78 is 36.3. The van der Waals surface area contributed by atoms with E-state index < -0.39 is 12.6 Å². The summed E-state index contributed by atoms with van der Waals surface area (Å²) in [6.45, 7) is 2.07. The van der Waals surface area contributed by atoms with E-state index in [1.54, 1.807) is 19.1 Å². The molecule has 0 aromatic carbocycles. The van der Waals surface area contributed by atoms with Crippen LogP contribution >= 0.6 is 0 Å². The summed E-state index contributed by atoms with van der Waals surface area (Å²) in [6, 6.07) is 5.00. The van der Waals surface area contributed by atoms with Crippen molar-refractivity contribution in [2.45, 2.75) is 19.5 Å². The third-order valence-electron chi connectivity index (χ3n) is 2.25. The van der Waals surface area contributed by atoms with Crippen LogP contribution in [0, 0.1) is 11.3 Å². The highest BCUT2D eigenvalue weighted by Gasteiger charge is 2.27. The van der Waals surface area contributed by atoms with Crippen molar-refractivity contribution in [3.05, 3.63) is 23.9 Å². The molecule has 0 N–H and O–H groups in total. The first-order valence-corrected chi connectivity index (χ1v) is 5.14. The van der Waals surface area contributed by atoms with Gasteiger partial charge in [0.05, 0.1) is 12.0 Å². The van der Waals surface area contributed by atoms with Crippen molar-refractivity contribution in [3.63, 3.8) is 0 Å². The zero-order valence-electron chi connectivity index (χ0n) is 9.33. The number of aromatic nitrogens is 1. The van der Waals surface area contributed by atoms with Crippen LogP contribution in [0.25, 0.3) is 0 Å². The van der Waals surface area contributed by atoms with Crippen LogP contribution in [-0.2, 0) is 0 Å². The molecule has 0 amide bonds. The van der Waals surface area contributed by atoms with E-state index in [-0.39, 0.29) is 6.54 Å². The molecule has 6 heteroatoms. The molecule has 1 heterocycles.